The lowest BCUT2D eigenvalue weighted by Gasteiger charge is -2.24. The molecule has 0 bridgehead atoms. The highest BCUT2D eigenvalue weighted by atomic mass is 16.2. The van der Waals surface area contributed by atoms with Crippen LogP contribution in [0.1, 0.15) is 46.5 Å². The van der Waals surface area contributed by atoms with E-state index in [1.54, 1.807) is 0 Å². The molecule has 0 saturated carbocycles. The fourth-order valence-corrected chi connectivity index (χ4v) is 2.23. The van der Waals surface area contributed by atoms with Crippen LogP contribution < -0.4 is 5.73 Å². The molecule has 2 amide bonds. The summed E-state index contributed by atoms with van der Waals surface area (Å²) in [6.07, 6.45) is 2.59. The maximum Gasteiger partial charge on any atom is 0.222 e. The zero-order valence-electron chi connectivity index (χ0n) is 12.4. The van der Waals surface area contributed by atoms with Crippen molar-refractivity contribution in [3.05, 3.63) is 0 Å². The first-order valence-electron chi connectivity index (χ1n) is 7.18. The van der Waals surface area contributed by atoms with Crippen LogP contribution in [0, 0.1) is 0 Å². The summed E-state index contributed by atoms with van der Waals surface area (Å²) in [6, 6.07) is 0. The van der Waals surface area contributed by atoms with Crippen molar-refractivity contribution in [3.8, 4) is 0 Å². The van der Waals surface area contributed by atoms with E-state index < -0.39 is 0 Å². The van der Waals surface area contributed by atoms with Crippen molar-refractivity contribution >= 4 is 11.8 Å². The minimum atomic E-state index is -0.300. The summed E-state index contributed by atoms with van der Waals surface area (Å²) in [7, 11) is 0. The highest BCUT2D eigenvalue weighted by Gasteiger charge is 2.22. The van der Waals surface area contributed by atoms with Gasteiger partial charge in [-0.25, -0.2) is 0 Å². The van der Waals surface area contributed by atoms with E-state index in [0.29, 0.717) is 32.4 Å². The van der Waals surface area contributed by atoms with Crippen molar-refractivity contribution < 1.29 is 9.59 Å². The Kier molecular flexibility index (Phi) is 5.79. The minimum Gasteiger partial charge on any atom is -0.341 e. The summed E-state index contributed by atoms with van der Waals surface area (Å²) in [5, 5.41) is 0. The molecule has 0 radical (unpaired) electrons. The largest absolute Gasteiger partial charge is 0.341 e. The number of nitrogens with two attached hydrogens (primary N) is 1. The van der Waals surface area contributed by atoms with E-state index in [9.17, 15) is 9.59 Å². The van der Waals surface area contributed by atoms with Gasteiger partial charge in [-0.05, 0) is 26.7 Å². The molecule has 5 nitrogen and oxygen atoms in total. The van der Waals surface area contributed by atoms with E-state index in [1.807, 2.05) is 30.6 Å². The predicted octanol–water partition coefficient (Wildman–Crippen LogP) is 0.975. The van der Waals surface area contributed by atoms with Crippen LogP contribution in [0.4, 0.5) is 0 Å². The summed E-state index contributed by atoms with van der Waals surface area (Å²) < 4.78 is 0. The van der Waals surface area contributed by atoms with Crippen molar-refractivity contribution in [2.45, 2.75) is 52.0 Å². The minimum absolute atomic E-state index is 0.157. The summed E-state index contributed by atoms with van der Waals surface area (Å²) in [6.45, 7) is 8.56. The Morgan fingerprint density at radius 2 is 1.58 bits per heavy atom. The van der Waals surface area contributed by atoms with Crippen LogP contribution in [-0.4, -0.2) is 53.3 Å². The van der Waals surface area contributed by atoms with Crippen LogP contribution in [0.2, 0.25) is 0 Å². The smallest absolute Gasteiger partial charge is 0.222 e. The molecule has 5 heteroatoms. The molecule has 110 valence electrons. The standard InChI is InChI=1S/C14H27N3O2/c1-4-12(18)16-8-5-9-17(11-10-16)13(19)6-7-14(2,3)15/h4-11,15H2,1-3H3. The number of hydrogen-bond donors (Lipinski definition) is 1. The summed E-state index contributed by atoms with van der Waals surface area (Å²) in [5.74, 6) is 0.335. The molecular formula is C14H27N3O2. The molecule has 0 unspecified atom stereocenters. The van der Waals surface area contributed by atoms with Gasteiger partial charge in [0, 0.05) is 44.6 Å². The molecule has 0 atom stereocenters. The van der Waals surface area contributed by atoms with Crippen LogP contribution in [0.5, 0.6) is 0 Å². The van der Waals surface area contributed by atoms with Gasteiger partial charge in [-0.15, -0.1) is 0 Å². The van der Waals surface area contributed by atoms with Gasteiger partial charge in [-0.1, -0.05) is 6.92 Å². The van der Waals surface area contributed by atoms with Crippen LogP contribution in [0.15, 0.2) is 0 Å². The number of amides is 2. The molecule has 19 heavy (non-hydrogen) atoms. The van der Waals surface area contributed by atoms with Gasteiger partial charge in [0.05, 0.1) is 0 Å². The first kappa shape index (κ1) is 16.0. The highest BCUT2D eigenvalue weighted by Crippen LogP contribution is 2.11. The molecule has 1 fully saturated rings. The zero-order valence-corrected chi connectivity index (χ0v) is 12.4. The molecule has 1 aliphatic heterocycles. The van der Waals surface area contributed by atoms with E-state index in [4.69, 9.17) is 5.73 Å². The maximum atomic E-state index is 12.1. The van der Waals surface area contributed by atoms with Crippen molar-refractivity contribution in [2.75, 3.05) is 26.2 Å². The lowest BCUT2D eigenvalue weighted by molar-refractivity contribution is -0.133. The Morgan fingerprint density at radius 3 is 2.05 bits per heavy atom. The molecule has 1 heterocycles. The van der Waals surface area contributed by atoms with Crippen LogP contribution in [0.3, 0.4) is 0 Å². The first-order valence-corrected chi connectivity index (χ1v) is 7.18. The molecule has 1 rings (SSSR count). The molecule has 1 saturated heterocycles. The molecular weight excluding hydrogens is 242 g/mol. The monoisotopic (exact) mass is 269 g/mol. The first-order chi connectivity index (χ1) is 8.83. The van der Waals surface area contributed by atoms with Gasteiger partial charge in [0.25, 0.3) is 0 Å². The van der Waals surface area contributed by atoms with Crippen LogP contribution in [0.25, 0.3) is 0 Å². The van der Waals surface area contributed by atoms with Gasteiger partial charge in [-0.2, -0.15) is 0 Å². The summed E-state index contributed by atoms with van der Waals surface area (Å²) in [5.41, 5.74) is 5.60. The number of carbonyl (C=O) groups is 2. The quantitative estimate of drug-likeness (QED) is 0.827. The van der Waals surface area contributed by atoms with E-state index in [1.165, 1.54) is 0 Å². The fourth-order valence-electron chi connectivity index (χ4n) is 2.23. The fraction of sp³-hybridized carbons (Fsp3) is 0.857. The normalized spacial score (nSPS) is 17.3. The van der Waals surface area contributed by atoms with Crippen molar-refractivity contribution in [1.29, 1.82) is 0 Å². The predicted molar refractivity (Wildman–Crippen MR) is 75.6 cm³/mol. The SMILES string of the molecule is CCC(=O)N1CCCN(C(=O)CCC(C)(C)N)CC1. The van der Waals surface area contributed by atoms with Crippen molar-refractivity contribution in [2.24, 2.45) is 5.73 Å². The molecule has 0 aromatic carbocycles. The van der Waals surface area contributed by atoms with Gasteiger partial charge in [0.2, 0.25) is 11.8 Å². The highest BCUT2D eigenvalue weighted by molar-refractivity contribution is 5.77. The summed E-state index contributed by atoms with van der Waals surface area (Å²) >= 11 is 0. The Labute approximate surface area is 116 Å². The zero-order chi connectivity index (χ0) is 14.5. The molecule has 0 aromatic rings. The van der Waals surface area contributed by atoms with Crippen LogP contribution >= 0.6 is 0 Å². The Bertz CT molecular complexity index is 323. The second-order valence-corrected chi connectivity index (χ2v) is 5.96. The van der Waals surface area contributed by atoms with Gasteiger partial charge in [0.1, 0.15) is 0 Å². The second kappa shape index (κ2) is 6.89. The second-order valence-electron chi connectivity index (χ2n) is 5.96. The van der Waals surface area contributed by atoms with E-state index in [0.717, 1.165) is 19.5 Å². The number of rotatable bonds is 4. The van der Waals surface area contributed by atoms with E-state index >= 15 is 0 Å². The Balaban J connectivity index is 2.44. The third-order valence-electron chi connectivity index (χ3n) is 3.49. The molecule has 1 aliphatic rings. The Morgan fingerprint density at radius 1 is 1.05 bits per heavy atom. The molecule has 0 aliphatic carbocycles. The third-order valence-corrected chi connectivity index (χ3v) is 3.49. The third kappa shape index (κ3) is 5.59. The molecule has 2 N–H and O–H groups in total. The van der Waals surface area contributed by atoms with Gasteiger partial charge < -0.3 is 15.5 Å². The number of carbonyl (C=O) groups excluding carboxylic acids is 2. The van der Waals surface area contributed by atoms with Crippen molar-refractivity contribution in [1.82, 2.24) is 9.80 Å². The summed E-state index contributed by atoms with van der Waals surface area (Å²) in [4.78, 5) is 27.5. The van der Waals surface area contributed by atoms with E-state index in [-0.39, 0.29) is 17.4 Å². The molecule has 0 spiro atoms. The van der Waals surface area contributed by atoms with Gasteiger partial charge in [-0.3, -0.25) is 9.59 Å². The Hall–Kier alpha value is -1.10. The lowest BCUT2D eigenvalue weighted by atomic mass is 10.00. The average molecular weight is 269 g/mol. The average Bonchev–Trinajstić information content (AvgIpc) is 2.59. The van der Waals surface area contributed by atoms with Gasteiger partial charge >= 0.3 is 0 Å². The van der Waals surface area contributed by atoms with Gasteiger partial charge in [0.15, 0.2) is 0 Å². The van der Waals surface area contributed by atoms with Crippen molar-refractivity contribution in [3.63, 3.8) is 0 Å². The maximum absolute atomic E-state index is 12.1. The van der Waals surface area contributed by atoms with E-state index in [2.05, 4.69) is 0 Å². The topological polar surface area (TPSA) is 66.6 Å². The lowest BCUT2D eigenvalue weighted by Crippen LogP contribution is -2.39. The number of hydrogen-bond acceptors (Lipinski definition) is 3. The number of nitrogens with zero attached hydrogens (tertiary/aromatic N) is 2. The van der Waals surface area contributed by atoms with Crippen LogP contribution in [-0.2, 0) is 9.59 Å². The molecule has 0 aromatic heterocycles.